The molecule has 2 rings (SSSR count). The number of ketones is 1. The van der Waals surface area contributed by atoms with Crippen molar-refractivity contribution in [3.8, 4) is 0 Å². The summed E-state index contributed by atoms with van der Waals surface area (Å²) >= 11 is 3.53. The number of Topliss-reactive ketones (excluding diaryl/α,β-unsaturated/α-hetero) is 1. The molecule has 0 saturated heterocycles. The van der Waals surface area contributed by atoms with E-state index in [0.29, 0.717) is 6.42 Å². The Labute approximate surface area is 127 Å². The van der Waals surface area contributed by atoms with Crippen molar-refractivity contribution in [3.63, 3.8) is 0 Å². The zero-order valence-electron chi connectivity index (χ0n) is 12.0. The second-order valence-corrected chi connectivity index (χ2v) is 5.44. The Hall–Kier alpha value is -1.49. The molecule has 0 aliphatic rings. The predicted molar refractivity (Wildman–Crippen MR) is 82.0 cm³/mol. The van der Waals surface area contributed by atoms with E-state index >= 15 is 0 Å². The monoisotopic (exact) mass is 335 g/mol. The van der Waals surface area contributed by atoms with Gasteiger partial charge < -0.3 is 0 Å². The second kappa shape index (κ2) is 6.31. The standard InChI is InChI=1S/C15H18BrN3O/c1-4-11-9-17-7-6-12(11)14(20)8-13-15(16)10(3)18-19(13)5-2/h6-7,9H,4-5,8H2,1-3H3. The second-order valence-electron chi connectivity index (χ2n) is 4.65. The molecule has 0 spiro atoms. The van der Waals surface area contributed by atoms with Crippen molar-refractivity contribution in [2.45, 2.75) is 40.2 Å². The summed E-state index contributed by atoms with van der Waals surface area (Å²) in [5, 5.41) is 4.42. The Morgan fingerprint density at radius 3 is 2.80 bits per heavy atom. The van der Waals surface area contributed by atoms with Gasteiger partial charge in [-0.25, -0.2) is 0 Å². The highest BCUT2D eigenvalue weighted by Crippen LogP contribution is 2.23. The lowest BCUT2D eigenvalue weighted by molar-refractivity contribution is 0.0989. The highest BCUT2D eigenvalue weighted by atomic mass is 79.9. The Bertz CT molecular complexity index is 634. The molecule has 0 aromatic carbocycles. The molecule has 0 radical (unpaired) electrons. The van der Waals surface area contributed by atoms with Crippen molar-refractivity contribution >= 4 is 21.7 Å². The SMILES string of the molecule is CCc1cnccc1C(=O)Cc1c(Br)c(C)nn1CC. The number of nitrogens with zero attached hydrogens (tertiary/aromatic N) is 3. The maximum absolute atomic E-state index is 12.5. The molecule has 0 aliphatic carbocycles. The van der Waals surface area contributed by atoms with Gasteiger partial charge in [0.2, 0.25) is 0 Å². The first-order valence-corrected chi connectivity index (χ1v) is 7.55. The van der Waals surface area contributed by atoms with Gasteiger partial charge in [0, 0.05) is 24.5 Å². The largest absolute Gasteiger partial charge is 0.294 e. The van der Waals surface area contributed by atoms with Gasteiger partial charge >= 0.3 is 0 Å². The van der Waals surface area contributed by atoms with Crippen molar-refractivity contribution in [2.75, 3.05) is 0 Å². The first kappa shape index (κ1) is 14.9. The van der Waals surface area contributed by atoms with Gasteiger partial charge in [-0.3, -0.25) is 14.5 Å². The average molecular weight is 336 g/mol. The highest BCUT2D eigenvalue weighted by Gasteiger charge is 2.18. The van der Waals surface area contributed by atoms with E-state index in [9.17, 15) is 4.79 Å². The van der Waals surface area contributed by atoms with Crippen LogP contribution in [-0.4, -0.2) is 20.5 Å². The fraction of sp³-hybridized carbons (Fsp3) is 0.400. The van der Waals surface area contributed by atoms with Gasteiger partial charge in [0.15, 0.2) is 5.78 Å². The summed E-state index contributed by atoms with van der Waals surface area (Å²) < 4.78 is 2.81. The average Bonchev–Trinajstić information content (AvgIpc) is 2.74. The Morgan fingerprint density at radius 1 is 1.40 bits per heavy atom. The van der Waals surface area contributed by atoms with Crippen molar-refractivity contribution in [2.24, 2.45) is 0 Å². The molecule has 4 nitrogen and oxygen atoms in total. The zero-order chi connectivity index (χ0) is 14.7. The molecule has 0 saturated carbocycles. The van der Waals surface area contributed by atoms with Crippen LogP contribution in [0.4, 0.5) is 0 Å². The third-order valence-corrected chi connectivity index (χ3v) is 4.40. The summed E-state index contributed by atoms with van der Waals surface area (Å²) in [7, 11) is 0. The molecule has 2 aromatic heterocycles. The van der Waals surface area contributed by atoms with Gasteiger partial charge in [-0.15, -0.1) is 0 Å². The minimum Gasteiger partial charge on any atom is -0.294 e. The van der Waals surface area contributed by atoms with Crippen LogP contribution in [0.25, 0.3) is 0 Å². The first-order valence-electron chi connectivity index (χ1n) is 6.76. The molecule has 0 unspecified atom stereocenters. The van der Waals surface area contributed by atoms with Crippen LogP contribution in [0.5, 0.6) is 0 Å². The summed E-state index contributed by atoms with van der Waals surface area (Å²) in [6.07, 6.45) is 4.60. The summed E-state index contributed by atoms with van der Waals surface area (Å²) in [6.45, 7) is 6.75. The quantitative estimate of drug-likeness (QED) is 0.787. The number of halogens is 1. The number of pyridine rings is 1. The van der Waals surface area contributed by atoms with Crippen LogP contribution >= 0.6 is 15.9 Å². The summed E-state index contributed by atoms with van der Waals surface area (Å²) in [4.78, 5) is 16.6. The van der Waals surface area contributed by atoms with Crippen molar-refractivity contribution < 1.29 is 4.79 Å². The topological polar surface area (TPSA) is 47.8 Å². The molecular weight excluding hydrogens is 318 g/mol. The van der Waals surface area contributed by atoms with Crippen LogP contribution in [0.2, 0.25) is 0 Å². The highest BCUT2D eigenvalue weighted by molar-refractivity contribution is 9.10. The molecule has 2 heterocycles. The van der Waals surface area contributed by atoms with Crippen LogP contribution in [0, 0.1) is 6.92 Å². The minimum atomic E-state index is 0.111. The van der Waals surface area contributed by atoms with Crippen molar-refractivity contribution in [1.82, 2.24) is 14.8 Å². The molecule has 0 atom stereocenters. The number of aryl methyl sites for hydroxylation is 3. The van der Waals surface area contributed by atoms with Gasteiger partial charge in [0.25, 0.3) is 0 Å². The van der Waals surface area contributed by atoms with Crippen LogP contribution in [0.1, 0.15) is 41.2 Å². The summed E-state index contributed by atoms with van der Waals surface area (Å²) in [6, 6.07) is 1.80. The number of rotatable bonds is 5. The van der Waals surface area contributed by atoms with Gasteiger partial charge in [-0.05, 0) is 47.8 Å². The summed E-state index contributed by atoms with van der Waals surface area (Å²) in [5.74, 6) is 0.111. The smallest absolute Gasteiger partial charge is 0.169 e. The van der Waals surface area contributed by atoms with E-state index in [0.717, 1.165) is 40.0 Å². The van der Waals surface area contributed by atoms with Crippen LogP contribution in [-0.2, 0) is 19.4 Å². The molecule has 5 heteroatoms. The van der Waals surface area contributed by atoms with Crippen molar-refractivity contribution in [3.05, 3.63) is 45.4 Å². The lowest BCUT2D eigenvalue weighted by Crippen LogP contribution is -2.12. The Balaban J connectivity index is 2.33. The van der Waals surface area contributed by atoms with E-state index < -0.39 is 0 Å². The van der Waals surface area contributed by atoms with E-state index in [2.05, 4.69) is 26.0 Å². The molecule has 0 bridgehead atoms. The molecule has 0 aliphatic heterocycles. The number of aromatic nitrogens is 3. The molecule has 20 heavy (non-hydrogen) atoms. The number of hydrogen-bond acceptors (Lipinski definition) is 3. The molecule has 106 valence electrons. The molecule has 0 N–H and O–H groups in total. The van der Waals surface area contributed by atoms with E-state index in [-0.39, 0.29) is 5.78 Å². The van der Waals surface area contributed by atoms with E-state index in [1.807, 2.05) is 25.5 Å². The van der Waals surface area contributed by atoms with Gasteiger partial charge in [-0.2, -0.15) is 5.10 Å². The molecule has 0 amide bonds. The Kier molecular flexibility index (Phi) is 4.70. The predicted octanol–water partition coefficient (Wildman–Crippen LogP) is 3.36. The molecule has 2 aromatic rings. The maximum atomic E-state index is 12.5. The lowest BCUT2D eigenvalue weighted by atomic mass is 10.0. The van der Waals surface area contributed by atoms with Crippen molar-refractivity contribution in [1.29, 1.82) is 0 Å². The lowest BCUT2D eigenvalue weighted by Gasteiger charge is -2.08. The maximum Gasteiger partial charge on any atom is 0.169 e. The normalized spacial score (nSPS) is 10.8. The van der Waals surface area contributed by atoms with E-state index in [4.69, 9.17) is 0 Å². The number of carbonyl (C=O) groups is 1. The van der Waals surface area contributed by atoms with E-state index in [1.54, 1.807) is 18.5 Å². The van der Waals surface area contributed by atoms with Gasteiger partial charge in [0.1, 0.15) is 0 Å². The molecule has 0 fully saturated rings. The zero-order valence-corrected chi connectivity index (χ0v) is 13.6. The van der Waals surface area contributed by atoms with Gasteiger partial charge in [-0.1, -0.05) is 6.92 Å². The fourth-order valence-electron chi connectivity index (χ4n) is 2.27. The first-order chi connectivity index (χ1) is 9.58. The van der Waals surface area contributed by atoms with Gasteiger partial charge in [0.05, 0.1) is 22.3 Å². The third-order valence-electron chi connectivity index (χ3n) is 3.37. The minimum absolute atomic E-state index is 0.111. The van der Waals surface area contributed by atoms with Crippen LogP contribution < -0.4 is 0 Å². The molecular formula is C15H18BrN3O. The third kappa shape index (κ3) is 2.82. The van der Waals surface area contributed by atoms with Crippen LogP contribution in [0.15, 0.2) is 22.9 Å². The van der Waals surface area contributed by atoms with E-state index in [1.165, 1.54) is 0 Å². The Morgan fingerprint density at radius 2 is 2.15 bits per heavy atom. The number of hydrogen-bond donors (Lipinski definition) is 0. The fourth-order valence-corrected chi connectivity index (χ4v) is 2.69. The van der Waals surface area contributed by atoms with Crippen LogP contribution in [0.3, 0.4) is 0 Å². The number of carbonyl (C=O) groups excluding carboxylic acids is 1. The summed E-state index contributed by atoms with van der Waals surface area (Å²) in [5.41, 5.74) is 3.61.